The Kier molecular flexibility index (Phi) is 5.63. The highest BCUT2D eigenvalue weighted by atomic mass is 35.5. The molecule has 0 spiro atoms. The van der Waals surface area contributed by atoms with Crippen LogP contribution < -0.4 is 5.73 Å². The molecule has 0 saturated heterocycles. The van der Waals surface area contributed by atoms with Crippen molar-refractivity contribution in [1.29, 1.82) is 0 Å². The van der Waals surface area contributed by atoms with E-state index < -0.39 is 0 Å². The first-order valence-corrected chi connectivity index (χ1v) is 9.18. The first-order valence-electron chi connectivity index (χ1n) is 7.67. The van der Waals surface area contributed by atoms with E-state index in [1.165, 1.54) is 0 Å². The van der Waals surface area contributed by atoms with Crippen LogP contribution in [0, 0.1) is 0 Å². The molecular formula is C18H16Cl4N2. The van der Waals surface area contributed by atoms with Crippen LogP contribution in [0.15, 0.2) is 30.3 Å². The largest absolute Gasteiger partial charge is 0.353 e. The quantitative estimate of drug-likeness (QED) is 0.457. The topological polar surface area (TPSA) is 41.8 Å². The van der Waals surface area contributed by atoms with Crippen LogP contribution in [-0.2, 0) is 6.42 Å². The van der Waals surface area contributed by atoms with Crippen molar-refractivity contribution in [2.75, 3.05) is 6.54 Å². The summed E-state index contributed by atoms with van der Waals surface area (Å²) < 4.78 is 0. The predicted molar refractivity (Wildman–Crippen MR) is 106 cm³/mol. The minimum atomic E-state index is 0.503. The highest BCUT2D eigenvalue weighted by molar-refractivity contribution is 6.45. The maximum absolute atomic E-state index is 6.41. The van der Waals surface area contributed by atoms with Gasteiger partial charge in [0.25, 0.3) is 0 Å². The third kappa shape index (κ3) is 3.26. The van der Waals surface area contributed by atoms with Crippen LogP contribution in [-0.4, -0.2) is 11.5 Å². The number of aromatic nitrogens is 1. The van der Waals surface area contributed by atoms with Crippen molar-refractivity contribution in [2.24, 2.45) is 5.73 Å². The monoisotopic (exact) mass is 400 g/mol. The van der Waals surface area contributed by atoms with Gasteiger partial charge in [-0.1, -0.05) is 58.5 Å². The average Bonchev–Trinajstić information content (AvgIpc) is 2.90. The average molecular weight is 402 g/mol. The predicted octanol–water partition coefficient (Wildman–Crippen LogP) is 6.73. The molecule has 24 heavy (non-hydrogen) atoms. The molecule has 126 valence electrons. The number of nitrogens with two attached hydrogens (primary N) is 1. The molecule has 0 unspecified atom stereocenters. The molecule has 0 fully saturated rings. The number of rotatable bonds is 5. The van der Waals surface area contributed by atoms with Gasteiger partial charge in [-0.15, -0.1) is 0 Å². The van der Waals surface area contributed by atoms with Crippen molar-refractivity contribution < 1.29 is 0 Å². The summed E-state index contributed by atoms with van der Waals surface area (Å²) in [6.07, 6.45) is 2.77. The van der Waals surface area contributed by atoms with Crippen molar-refractivity contribution in [2.45, 2.75) is 19.3 Å². The number of aryl methyl sites for hydroxylation is 1. The van der Waals surface area contributed by atoms with E-state index >= 15 is 0 Å². The van der Waals surface area contributed by atoms with E-state index in [9.17, 15) is 0 Å². The minimum absolute atomic E-state index is 0.503. The van der Waals surface area contributed by atoms with E-state index in [1.54, 1.807) is 0 Å². The molecule has 1 heterocycles. The third-order valence-electron chi connectivity index (χ3n) is 4.07. The lowest BCUT2D eigenvalue weighted by molar-refractivity contribution is 0.748. The van der Waals surface area contributed by atoms with Crippen LogP contribution in [0.25, 0.3) is 22.2 Å². The van der Waals surface area contributed by atoms with E-state index in [4.69, 9.17) is 52.1 Å². The van der Waals surface area contributed by atoms with Crippen molar-refractivity contribution in [3.05, 3.63) is 56.0 Å². The van der Waals surface area contributed by atoms with Gasteiger partial charge in [-0.3, -0.25) is 0 Å². The van der Waals surface area contributed by atoms with Crippen molar-refractivity contribution >= 4 is 57.3 Å². The number of aromatic amines is 1. The van der Waals surface area contributed by atoms with Crippen LogP contribution in [0.4, 0.5) is 0 Å². The smallest absolute Gasteiger partial charge is 0.0833 e. The van der Waals surface area contributed by atoms with Gasteiger partial charge in [0, 0.05) is 10.9 Å². The van der Waals surface area contributed by atoms with E-state index in [0.717, 1.165) is 47.0 Å². The molecule has 0 aliphatic rings. The van der Waals surface area contributed by atoms with Crippen LogP contribution in [0.3, 0.4) is 0 Å². The lowest BCUT2D eigenvalue weighted by atomic mass is 10.00. The fourth-order valence-corrected chi connectivity index (χ4v) is 3.87. The Bertz CT molecular complexity index is 866. The van der Waals surface area contributed by atoms with Crippen LogP contribution >= 0.6 is 46.4 Å². The lowest BCUT2D eigenvalue weighted by Crippen LogP contribution is -1.99. The fourth-order valence-electron chi connectivity index (χ4n) is 2.92. The Morgan fingerprint density at radius 2 is 1.58 bits per heavy atom. The van der Waals surface area contributed by atoms with Crippen LogP contribution in [0.1, 0.15) is 18.4 Å². The van der Waals surface area contributed by atoms with Gasteiger partial charge < -0.3 is 10.7 Å². The molecule has 0 radical (unpaired) electrons. The Morgan fingerprint density at radius 3 is 2.25 bits per heavy atom. The molecule has 0 amide bonds. The van der Waals surface area contributed by atoms with Gasteiger partial charge in [0.15, 0.2) is 0 Å². The molecule has 6 heteroatoms. The molecule has 2 nitrogen and oxygen atoms in total. The van der Waals surface area contributed by atoms with Gasteiger partial charge in [-0.05, 0) is 49.6 Å². The minimum Gasteiger partial charge on any atom is -0.353 e. The van der Waals surface area contributed by atoms with E-state index in [0.29, 0.717) is 26.6 Å². The lowest BCUT2D eigenvalue weighted by Gasteiger charge is -2.09. The highest BCUT2D eigenvalue weighted by Gasteiger charge is 2.19. The van der Waals surface area contributed by atoms with Gasteiger partial charge >= 0.3 is 0 Å². The molecule has 2 aromatic carbocycles. The maximum Gasteiger partial charge on any atom is 0.0833 e. The van der Waals surface area contributed by atoms with Gasteiger partial charge in [0.05, 0.1) is 31.3 Å². The SMILES string of the molecule is NCCCCc1c(-c2c(Cl)cccc2Cl)[nH]c2c(Cl)c(Cl)ccc12. The second-order valence-corrected chi connectivity index (χ2v) is 7.20. The molecule has 3 aromatic rings. The second kappa shape index (κ2) is 7.55. The molecule has 1 aromatic heterocycles. The number of hydrogen-bond acceptors (Lipinski definition) is 1. The summed E-state index contributed by atoms with van der Waals surface area (Å²) in [5.74, 6) is 0. The molecule has 0 saturated carbocycles. The van der Waals surface area contributed by atoms with Gasteiger partial charge in [-0.25, -0.2) is 0 Å². The summed E-state index contributed by atoms with van der Waals surface area (Å²) in [5.41, 5.74) is 9.24. The van der Waals surface area contributed by atoms with Crippen molar-refractivity contribution in [1.82, 2.24) is 4.98 Å². The molecule has 0 aliphatic carbocycles. The van der Waals surface area contributed by atoms with Crippen LogP contribution in [0.2, 0.25) is 20.1 Å². The summed E-state index contributed by atoms with van der Waals surface area (Å²) in [5, 5.41) is 3.24. The third-order valence-corrected chi connectivity index (χ3v) is 5.50. The second-order valence-electron chi connectivity index (χ2n) is 5.60. The molecule has 0 bridgehead atoms. The summed E-state index contributed by atoms with van der Waals surface area (Å²) >= 11 is 25.4. The number of H-pyrrole nitrogens is 1. The Morgan fingerprint density at radius 1 is 0.875 bits per heavy atom. The summed E-state index contributed by atoms with van der Waals surface area (Å²) in [7, 11) is 0. The van der Waals surface area contributed by atoms with Gasteiger partial charge in [0.2, 0.25) is 0 Å². The van der Waals surface area contributed by atoms with E-state index in [1.807, 2.05) is 30.3 Å². The molecule has 3 N–H and O–H groups in total. The van der Waals surface area contributed by atoms with Gasteiger partial charge in [0.1, 0.15) is 0 Å². The normalized spacial score (nSPS) is 11.4. The molecule has 3 rings (SSSR count). The first kappa shape index (κ1) is 17.9. The Hall–Kier alpha value is -0.900. The zero-order chi connectivity index (χ0) is 17.3. The Labute approximate surface area is 160 Å². The van der Waals surface area contributed by atoms with E-state index in [2.05, 4.69) is 4.98 Å². The number of benzene rings is 2. The Balaban J connectivity index is 2.25. The van der Waals surface area contributed by atoms with Gasteiger partial charge in [-0.2, -0.15) is 0 Å². The zero-order valence-electron chi connectivity index (χ0n) is 12.8. The van der Waals surface area contributed by atoms with Crippen molar-refractivity contribution in [3.63, 3.8) is 0 Å². The van der Waals surface area contributed by atoms with Crippen molar-refractivity contribution in [3.8, 4) is 11.3 Å². The number of hydrogen-bond donors (Lipinski definition) is 2. The van der Waals surface area contributed by atoms with E-state index in [-0.39, 0.29) is 0 Å². The molecular weight excluding hydrogens is 386 g/mol. The number of halogens is 4. The molecule has 0 aliphatic heterocycles. The van der Waals surface area contributed by atoms with Crippen LogP contribution in [0.5, 0.6) is 0 Å². The number of fused-ring (bicyclic) bond motifs is 1. The zero-order valence-corrected chi connectivity index (χ0v) is 15.8. The molecule has 0 atom stereocenters. The number of unbranched alkanes of at least 4 members (excludes halogenated alkanes) is 1. The fraction of sp³-hybridized carbons (Fsp3) is 0.222. The summed E-state index contributed by atoms with van der Waals surface area (Å²) in [4.78, 5) is 3.38. The highest BCUT2D eigenvalue weighted by Crippen LogP contribution is 2.42. The summed E-state index contributed by atoms with van der Waals surface area (Å²) in [6.45, 7) is 0.664. The number of nitrogens with one attached hydrogen (secondary N) is 1. The maximum atomic E-state index is 6.41. The standard InChI is InChI=1S/C18H16Cl4N2/c19-12-5-3-6-13(20)15(12)17-10(4-1-2-9-23)11-7-8-14(21)16(22)18(11)24-17/h3,5-8,24H,1-2,4,9,23H2. The first-order chi connectivity index (χ1) is 11.5. The summed E-state index contributed by atoms with van der Waals surface area (Å²) in [6, 6.07) is 9.27.